The van der Waals surface area contributed by atoms with E-state index in [9.17, 15) is 4.79 Å². The lowest BCUT2D eigenvalue weighted by Gasteiger charge is -2.11. The van der Waals surface area contributed by atoms with E-state index >= 15 is 0 Å². The van der Waals surface area contributed by atoms with Crippen LogP contribution < -0.4 is 10.1 Å². The molecular formula is C22H20N4O2S. The van der Waals surface area contributed by atoms with Crippen LogP contribution in [0.2, 0.25) is 0 Å². The Hall–Kier alpha value is -3.45. The Bertz CT molecular complexity index is 1100. The van der Waals surface area contributed by atoms with Gasteiger partial charge in [0.2, 0.25) is 0 Å². The fourth-order valence-corrected chi connectivity index (χ4v) is 3.78. The average Bonchev–Trinajstić information content (AvgIpc) is 3.38. The lowest BCUT2D eigenvalue weighted by Crippen LogP contribution is -2.17. The van der Waals surface area contributed by atoms with E-state index in [4.69, 9.17) is 4.74 Å². The first kappa shape index (κ1) is 18.9. The molecule has 29 heavy (non-hydrogen) atoms. The molecule has 0 atom stereocenters. The molecule has 0 spiro atoms. The summed E-state index contributed by atoms with van der Waals surface area (Å²) in [6.45, 7) is 0.512. The van der Waals surface area contributed by atoms with E-state index < -0.39 is 0 Å². The highest BCUT2D eigenvalue weighted by atomic mass is 32.1. The van der Waals surface area contributed by atoms with E-state index in [0.717, 1.165) is 17.7 Å². The molecular weight excluding hydrogens is 384 g/mol. The van der Waals surface area contributed by atoms with Gasteiger partial charge in [-0.15, -0.1) is 11.3 Å². The van der Waals surface area contributed by atoms with Crippen molar-refractivity contribution in [3.05, 3.63) is 95.0 Å². The Balaban J connectivity index is 1.45. The molecule has 0 saturated heterocycles. The van der Waals surface area contributed by atoms with Crippen LogP contribution in [0.25, 0.3) is 0 Å². The molecule has 0 aliphatic rings. The molecule has 0 radical (unpaired) electrons. The van der Waals surface area contributed by atoms with Gasteiger partial charge in [-0.05, 0) is 23.8 Å². The Morgan fingerprint density at radius 1 is 1.17 bits per heavy atom. The van der Waals surface area contributed by atoms with E-state index in [0.29, 0.717) is 23.1 Å². The maximum absolute atomic E-state index is 12.8. The molecule has 1 aromatic carbocycles. The Kier molecular flexibility index (Phi) is 5.67. The summed E-state index contributed by atoms with van der Waals surface area (Å²) >= 11 is 1.43. The van der Waals surface area contributed by atoms with Crippen LogP contribution in [-0.2, 0) is 13.0 Å². The number of hydrogen-bond acceptors (Lipinski definition) is 5. The van der Waals surface area contributed by atoms with E-state index in [1.807, 2.05) is 46.5 Å². The van der Waals surface area contributed by atoms with Crippen LogP contribution >= 0.6 is 11.3 Å². The number of rotatable bonds is 7. The van der Waals surface area contributed by atoms with Gasteiger partial charge in [-0.1, -0.05) is 30.3 Å². The van der Waals surface area contributed by atoms with E-state index in [2.05, 4.69) is 27.4 Å². The molecule has 1 N–H and O–H groups in total. The van der Waals surface area contributed by atoms with Gasteiger partial charge in [0, 0.05) is 29.8 Å². The van der Waals surface area contributed by atoms with Gasteiger partial charge in [-0.3, -0.25) is 15.1 Å². The molecule has 4 aromatic rings. The first-order valence-corrected chi connectivity index (χ1v) is 10.0. The molecule has 0 saturated carbocycles. The highest BCUT2D eigenvalue weighted by Gasteiger charge is 2.14. The number of methoxy groups -OCH3 is 1. The van der Waals surface area contributed by atoms with Crippen LogP contribution in [0.5, 0.6) is 5.75 Å². The zero-order valence-electron chi connectivity index (χ0n) is 15.9. The normalized spacial score (nSPS) is 10.7. The SMILES string of the molecule is COc1cnccc1Cn1cccc1C(=O)Nc1nc(Cc2ccccc2)cs1. The highest BCUT2D eigenvalue weighted by molar-refractivity contribution is 7.14. The molecule has 0 aliphatic heterocycles. The monoisotopic (exact) mass is 404 g/mol. The summed E-state index contributed by atoms with van der Waals surface area (Å²) in [4.78, 5) is 21.4. The van der Waals surface area contributed by atoms with Crippen molar-refractivity contribution in [2.75, 3.05) is 12.4 Å². The average molecular weight is 404 g/mol. The molecule has 0 unspecified atom stereocenters. The number of pyridine rings is 1. The minimum absolute atomic E-state index is 0.191. The third-order valence-electron chi connectivity index (χ3n) is 4.49. The lowest BCUT2D eigenvalue weighted by molar-refractivity contribution is 0.101. The number of carbonyl (C=O) groups is 1. The van der Waals surface area contributed by atoms with Gasteiger partial charge in [0.25, 0.3) is 5.91 Å². The molecule has 4 rings (SSSR count). The summed E-state index contributed by atoms with van der Waals surface area (Å²) in [5, 5.41) is 5.48. The van der Waals surface area contributed by atoms with Crippen molar-refractivity contribution in [3.63, 3.8) is 0 Å². The van der Waals surface area contributed by atoms with Gasteiger partial charge in [-0.2, -0.15) is 0 Å². The van der Waals surface area contributed by atoms with Gasteiger partial charge in [0.15, 0.2) is 5.13 Å². The molecule has 1 amide bonds. The third-order valence-corrected chi connectivity index (χ3v) is 5.30. The summed E-state index contributed by atoms with van der Waals surface area (Å²) < 4.78 is 7.24. The zero-order chi connectivity index (χ0) is 20.1. The topological polar surface area (TPSA) is 69.0 Å². The van der Waals surface area contributed by atoms with Gasteiger partial charge in [0.05, 0.1) is 25.5 Å². The van der Waals surface area contributed by atoms with Crippen molar-refractivity contribution in [1.29, 1.82) is 0 Å². The predicted octanol–water partition coefficient (Wildman–Crippen LogP) is 4.24. The smallest absolute Gasteiger partial charge is 0.274 e. The fourth-order valence-electron chi connectivity index (χ4n) is 3.08. The number of thiazole rings is 1. The third kappa shape index (κ3) is 4.52. The molecule has 3 aromatic heterocycles. The second-order valence-electron chi connectivity index (χ2n) is 6.47. The van der Waals surface area contributed by atoms with Crippen LogP contribution in [0, 0.1) is 0 Å². The summed E-state index contributed by atoms with van der Waals surface area (Å²) in [5.74, 6) is 0.502. The number of nitrogens with one attached hydrogen (secondary N) is 1. The van der Waals surface area contributed by atoms with E-state index in [1.165, 1.54) is 16.9 Å². The Morgan fingerprint density at radius 3 is 2.86 bits per heavy atom. The first-order chi connectivity index (χ1) is 14.2. The fraction of sp³-hybridized carbons (Fsp3) is 0.136. The van der Waals surface area contributed by atoms with E-state index in [1.54, 1.807) is 25.6 Å². The van der Waals surface area contributed by atoms with Crippen LogP contribution in [-0.4, -0.2) is 27.6 Å². The molecule has 6 nitrogen and oxygen atoms in total. The maximum atomic E-state index is 12.8. The zero-order valence-corrected chi connectivity index (χ0v) is 16.7. The van der Waals surface area contributed by atoms with Crippen molar-refractivity contribution in [3.8, 4) is 5.75 Å². The van der Waals surface area contributed by atoms with Gasteiger partial charge in [0.1, 0.15) is 11.4 Å². The van der Waals surface area contributed by atoms with Crippen molar-refractivity contribution >= 4 is 22.4 Å². The summed E-state index contributed by atoms with van der Waals surface area (Å²) in [7, 11) is 1.61. The molecule has 3 heterocycles. The second-order valence-corrected chi connectivity index (χ2v) is 7.33. The number of benzene rings is 1. The van der Waals surface area contributed by atoms with Crippen molar-refractivity contribution in [2.45, 2.75) is 13.0 Å². The molecule has 0 bridgehead atoms. The van der Waals surface area contributed by atoms with Crippen LogP contribution in [0.1, 0.15) is 27.3 Å². The first-order valence-electron chi connectivity index (χ1n) is 9.14. The number of anilines is 1. The van der Waals surface area contributed by atoms with Crippen LogP contribution in [0.15, 0.2) is 72.5 Å². The highest BCUT2D eigenvalue weighted by Crippen LogP contribution is 2.21. The lowest BCUT2D eigenvalue weighted by atomic mass is 10.1. The largest absolute Gasteiger partial charge is 0.495 e. The molecule has 146 valence electrons. The summed E-state index contributed by atoms with van der Waals surface area (Å²) in [6, 6.07) is 15.7. The number of amides is 1. The van der Waals surface area contributed by atoms with Crippen LogP contribution in [0.3, 0.4) is 0 Å². The predicted molar refractivity (Wildman–Crippen MR) is 114 cm³/mol. The summed E-state index contributed by atoms with van der Waals surface area (Å²) in [6.07, 6.45) is 6.00. The van der Waals surface area contributed by atoms with Crippen molar-refractivity contribution in [2.24, 2.45) is 0 Å². The minimum atomic E-state index is -0.191. The summed E-state index contributed by atoms with van der Waals surface area (Å²) in [5.41, 5.74) is 3.64. The molecule has 0 fully saturated rings. The maximum Gasteiger partial charge on any atom is 0.274 e. The van der Waals surface area contributed by atoms with Crippen molar-refractivity contribution < 1.29 is 9.53 Å². The number of aromatic nitrogens is 3. The molecule has 0 aliphatic carbocycles. The number of ether oxygens (including phenoxy) is 1. The van der Waals surface area contributed by atoms with E-state index in [-0.39, 0.29) is 5.91 Å². The number of hydrogen-bond donors (Lipinski definition) is 1. The standard InChI is InChI=1S/C22H20N4O2S/c1-28-20-13-23-10-9-17(20)14-26-11-5-8-19(26)21(27)25-22-24-18(15-29-22)12-16-6-3-2-4-7-16/h2-11,13,15H,12,14H2,1H3,(H,24,25,27). The van der Waals surface area contributed by atoms with Crippen molar-refractivity contribution in [1.82, 2.24) is 14.5 Å². The minimum Gasteiger partial charge on any atom is -0.495 e. The number of nitrogens with zero attached hydrogens (tertiary/aromatic N) is 3. The van der Waals surface area contributed by atoms with Gasteiger partial charge >= 0.3 is 0 Å². The Morgan fingerprint density at radius 2 is 2.03 bits per heavy atom. The molecule has 7 heteroatoms. The van der Waals surface area contributed by atoms with Gasteiger partial charge in [-0.25, -0.2) is 4.98 Å². The quantitative estimate of drug-likeness (QED) is 0.500. The van der Waals surface area contributed by atoms with Crippen LogP contribution in [0.4, 0.5) is 5.13 Å². The second kappa shape index (κ2) is 8.70. The van der Waals surface area contributed by atoms with Gasteiger partial charge < -0.3 is 9.30 Å². The Labute approximate surface area is 172 Å². The number of carbonyl (C=O) groups excluding carboxylic acids is 1.